The van der Waals surface area contributed by atoms with Crippen LogP contribution in [0.3, 0.4) is 0 Å². The average molecular weight is 331 g/mol. The number of carbonyl (C=O) groups excluding carboxylic acids is 1. The molecule has 0 aliphatic carbocycles. The van der Waals surface area contributed by atoms with Crippen LogP contribution in [-0.4, -0.2) is 46.9 Å². The Morgan fingerprint density at radius 3 is 2.48 bits per heavy atom. The number of halogens is 1. The fourth-order valence-corrected chi connectivity index (χ4v) is 4.24. The van der Waals surface area contributed by atoms with Gasteiger partial charge in [0, 0.05) is 38.1 Å². The van der Waals surface area contributed by atoms with E-state index in [1.54, 1.807) is 5.51 Å². The van der Waals surface area contributed by atoms with Gasteiger partial charge < -0.3 is 4.90 Å². The van der Waals surface area contributed by atoms with Crippen LogP contribution >= 0.6 is 11.3 Å². The molecule has 4 rings (SSSR count). The summed E-state index contributed by atoms with van der Waals surface area (Å²) in [6, 6.07) is 6.73. The molecule has 1 aromatic carbocycles. The monoisotopic (exact) mass is 331 g/mol. The van der Waals surface area contributed by atoms with Gasteiger partial charge in [0.25, 0.3) is 5.91 Å². The minimum absolute atomic E-state index is 0.0609. The van der Waals surface area contributed by atoms with Crippen molar-refractivity contribution < 1.29 is 9.18 Å². The Balaban J connectivity index is 1.35. The van der Waals surface area contributed by atoms with Crippen LogP contribution in [-0.2, 0) is 6.54 Å². The molecule has 0 saturated carbocycles. The van der Waals surface area contributed by atoms with E-state index in [0.717, 1.165) is 38.3 Å². The Hall–Kier alpha value is -1.79. The second-order valence-electron chi connectivity index (χ2n) is 6.42. The number of hydrogen-bond acceptors (Lipinski definition) is 4. The van der Waals surface area contributed by atoms with Crippen LogP contribution in [0.4, 0.5) is 4.39 Å². The molecule has 0 unspecified atom stereocenters. The molecule has 3 heterocycles. The first-order valence-electron chi connectivity index (χ1n) is 7.83. The first-order valence-corrected chi connectivity index (χ1v) is 8.77. The normalized spacial score (nSPS) is 24.1. The minimum Gasteiger partial charge on any atom is -0.337 e. The molecule has 23 heavy (non-hydrogen) atoms. The van der Waals surface area contributed by atoms with E-state index in [1.165, 1.54) is 23.5 Å². The van der Waals surface area contributed by atoms with Gasteiger partial charge in [-0.1, -0.05) is 12.1 Å². The van der Waals surface area contributed by atoms with Gasteiger partial charge in [-0.2, -0.15) is 0 Å². The molecule has 1 amide bonds. The minimum atomic E-state index is -0.191. The molecule has 2 aliphatic rings. The third-order valence-electron chi connectivity index (χ3n) is 4.82. The molecule has 0 spiro atoms. The fraction of sp³-hybridized carbons (Fsp3) is 0.412. The van der Waals surface area contributed by atoms with Crippen LogP contribution in [0.1, 0.15) is 16.1 Å². The summed E-state index contributed by atoms with van der Waals surface area (Å²) in [5.74, 6) is 0.949. The molecule has 0 bridgehead atoms. The molecule has 2 fully saturated rings. The van der Waals surface area contributed by atoms with E-state index in [2.05, 4.69) is 9.88 Å². The molecule has 2 atom stereocenters. The van der Waals surface area contributed by atoms with Gasteiger partial charge in [-0.15, -0.1) is 11.3 Å². The first-order chi connectivity index (χ1) is 11.2. The van der Waals surface area contributed by atoms with Crippen LogP contribution in [0.2, 0.25) is 0 Å². The molecule has 2 aromatic rings. The lowest BCUT2D eigenvalue weighted by atomic mass is 10.0. The van der Waals surface area contributed by atoms with Crippen molar-refractivity contribution in [1.82, 2.24) is 14.8 Å². The van der Waals surface area contributed by atoms with Gasteiger partial charge in [-0.05, 0) is 29.5 Å². The van der Waals surface area contributed by atoms with E-state index in [0.29, 0.717) is 17.5 Å². The molecule has 2 aliphatic heterocycles. The van der Waals surface area contributed by atoms with E-state index in [4.69, 9.17) is 0 Å². The van der Waals surface area contributed by atoms with E-state index >= 15 is 0 Å². The molecule has 0 N–H and O–H groups in total. The summed E-state index contributed by atoms with van der Waals surface area (Å²) in [6.45, 7) is 4.50. The van der Waals surface area contributed by atoms with Gasteiger partial charge in [-0.25, -0.2) is 9.37 Å². The third-order valence-corrected chi connectivity index (χ3v) is 5.41. The number of benzene rings is 1. The van der Waals surface area contributed by atoms with Crippen LogP contribution in [0.5, 0.6) is 0 Å². The Bertz CT molecular complexity index is 674. The summed E-state index contributed by atoms with van der Waals surface area (Å²) >= 11 is 1.46. The number of amides is 1. The van der Waals surface area contributed by atoms with Crippen molar-refractivity contribution in [2.75, 3.05) is 26.2 Å². The Kier molecular flexibility index (Phi) is 3.87. The van der Waals surface area contributed by atoms with E-state index < -0.39 is 0 Å². The predicted molar refractivity (Wildman–Crippen MR) is 86.7 cm³/mol. The standard InChI is InChI=1S/C17H18FN3OS/c18-15-3-1-12(2-4-15)5-20-6-13-8-21(9-14(13)7-20)17(22)16-10-23-11-19-16/h1-4,10-11,13-14H,5-9H2/t13-,14-/m1/s1. The SMILES string of the molecule is O=C(c1cscn1)N1C[C@H]2CN(Cc3ccc(F)cc3)C[C@@H]2C1. The molecular weight excluding hydrogens is 313 g/mol. The highest BCUT2D eigenvalue weighted by atomic mass is 32.1. The molecular formula is C17H18FN3OS. The highest BCUT2D eigenvalue weighted by Gasteiger charge is 2.41. The maximum absolute atomic E-state index is 13.0. The van der Waals surface area contributed by atoms with Crippen molar-refractivity contribution in [3.05, 3.63) is 52.2 Å². The van der Waals surface area contributed by atoms with Gasteiger partial charge in [0.2, 0.25) is 0 Å². The quantitative estimate of drug-likeness (QED) is 0.867. The Labute approximate surface area is 138 Å². The molecule has 0 radical (unpaired) electrons. The molecule has 120 valence electrons. The van der Waals surface area contributed by atoms with Gasteiger partial charge in [-0.3, -0.25) is 9.69 Å². The molecule has 1 aromatic heterocycles. The maximum atomic E-state index is 13.0. The van der Waals surface area contributed by atoms with Crippen molar-refractivity contribution in [3.63, 3.8) is 0 Å². The highest BCUT2D eigenvalue weighted by molar-refractivity contribution is 7.07. The van der Waals surface area contributed by atoms with Crippen molar-refractivity contribution in [2.45, 2.75) is 6.54 Å². The van der Waals surface area contributed by atoms with Crippen LogP contribution < -0.4 is 0 Å². The van der Waals surface area contributed by atoms with Gasteiger partial charge in [0.05, 0.1) is 5.51 Å². The van der Waals surface area contributed by atoms with Gasteiger partial charge in [0.1, 0.15) is 11.5 Å². The lowest BCUT2D eigenvalue weighted by Gasteiger charge is -2.21. The summed E-state index contributed by atoms with van der Waals surface area (Å²) in [5.41, 5.74) is 3.41. The van der Waals surface area contributed by atoms with Crippen molar-refractivity contribution in [2.24, 2.45) is 11.8 Å². The number of aromatic nitrogens is 1. The van der Waals surface area contributed by atoms with E-state index in [9.17, 15) is 9.18 Å². The maximum Gasteiger partial charge on any atom is 0.273 e. The van der Waals surface area contributed by atoms with Crippen molar-refractivity contribution >= 4 is 17.2 Å². The summed E-state index contributed by atoms with van der Waals surface area (Å²) in [7, 11) is 0. The summed E-state index contributed by atoms with van der Waals surface area (Å²) < 4.78 is 13.0. The smallest absolute Gasteiger partial charge is 0.273 e. The second kappa shape index (κ2) is 6.02. The predicted octanol–water partition coefficient (Wildman–Crippen LogP) is 2.49. The number of likely N-dealkylation sites (tertiary alicyclic amines) is 2. The topological polar surface area (TPSA) is 36.4 Å². The largest absolute Gasteiger partial charge is 0.337 e. The number of nitrogens with zero attached hydrogens (tertiary/aromatic N) is 3. The fourth-order valence-electron chi connectivity index (χ4n) is 3.71. The van der Waals surface area contributed by atoms with Crippen LogP contribution in [0, 0.1) is 17.7 Å². The zero-order valence-corrected chi connectivity index (χ0v) is 13.5. The zero-order valence-electron chi connectivity index (χ0n) is 12.7. The highest BCUT2D eigenvalue weighted by Crippen LogP contribution is 2.32. The van der Waals surface area contributed by atoms with E-state index in [-0.39, 0.29) is 11.7 Å². The van der Waals surface area contributed by atoms with Crippen LogP contribution in [0.15, 0.2) is 35.2 Å². The Morgan fingerprint density at radius 2 is 1.87 bits per heavy atom. The van der Waals surface area contributed by atoms with Crippen molar-refractivity contribution in [3.8, 4) is 0 Å². The van der Waals surface area contributed by atoms with Gasteiger partial charge in [0.15, 0.2) is 0 Å². The summed E-state index contributed by atoms with van der Waals surface area (Å²) in [6.07, 6.45) is 0. The first kappa shape index (κ1) is 14.8. The Morgan fingerprint density at radius 1 is 1.17 bits per heavy atom. The number of rotatable bonds is 3. The zero-order chi connectivity index (χ0) is 15.8. The third kappa shape index (κ3) is 3.01. The van der Waals surface area contributed by atoms with E-state index in [1.807, 2.05) is 22.4 Å². The lowest BCUT2D eigenvalue weighted by Crippen LogP contribution is -2.33. The molecule has 4 nitrogen and oxygen atoms in total. The lowest BCUT2D eigenvalue weighted by molar-refractivity contribution is 0.0768. The van der Waals surface area contributed by atoms with Crippen LogP contribution in [0.25, 0.3) is 0 Å². The summed E-state index contributed by atoms with van der Waals surface area (Å²) in [5, 5.41) is 1.82. The number of hydrogen-bond donors (Lipinski definition) is 0. The summed E-state index contributed by atoms with van der Waals surface area (Å²) in [4.78, 5) is 20.8. The van der Waals surface area contributed by atoms with Gasteiger partial charge >= 0.3 is 0 Å². The number of carbonyl (C=O) groups is 1. The number of thiazole rings is 1. The molecule has 6 heteroatoms. The van der Waals surface area contributed by atoms with Crippen molar-refractivity contribution in [1.29, 1.82) is 0 Å². The number of fused-ring (bicyclic) bond motifs is 1. The second-order valence-corrected chi connectivity index (χ2v) is 7.14. The average Bonchev–Trinajstić information content (AvgIpc) is 3.24. The molecule has 2 saturated heterocycles.